The van der Waals surface area contributed by atoms with E-state index < -0.39 is 0 Å². The van der Waals surface area contributed by atoms with Crippen molar-refractivity contribution in [2.24, 2.45) is 11.3 Å². The van der Waals surface area contributed by atoms with Gasteiger partial charge in [-0.3, -0.25) is 4.79 Å². The van der Waals surface area contributed by atoms with Gasteiger partial charge in [-0.25, -0.2) is 0 Å². The van der Waals surface area contributed by atoms with Crippen LogP contribution in [0.1, 0.15) is 52.9 Å². The van der Waals surface area contributed by atoms with E-state index in [0.717, 1.165) is 32.2 Å². The fourth-order valence-corrected chi connectivity index (χ4v) is 3.25. The number of nitrogens with one attached hydrogen (secondary N) is 2. The van der Waals surface area contributed by atoms with E-state index in [0.29, 0.717) is 23.4 Å². The zero-order chi connectivity index (χ0) is 12.5. The van der Waals surface area contributed by atoms with Crippen LogP contribution in [0.2, 0.25) is 0 Å². The van der Waals surface area contributed by atoms with Crippen molar-refractivity contribution in [3.05, 3.63) is 0 Å². The maximum absolute atomic E-state index is 12.2. The van der Waals surface area contributed by atoms with E-state index in [1.54, 1.807) is 0 Å². The van der Waals surface area contributed by atoms with Gasteiger partial charge in [0.25, 0.3) is 0 Å². The van der Waals surface area contributed by atoms with Crippen LogP contribution in [0.15, 0.2) is 0 Å². The first-order valence-electron chi connectivity index (χ1n) is 7.00. The van der Waals surface area contributed by atoms with Crippen molar-refractivity contribution >= 4 is 5.91 Å². The third-order valence-corrected chi connectivity index (χ3v) is 4.31. The Morgan fingerprint density at radius 2 is 2.12 bits per heavy atom. The van der Waals surface area contributed by atoms with Crippen molar-refractivity contribution in [1.29, 1.82) is 0 Å². The standard InChI is InChI=1S/C14H26N2O/c1-10-8-11(5-7-15-10)13(17)16-12-4-6-14(2,3)9-12/h10-12,15H,4-9H2,1-3H3,(H,16,17). The van der Waals surface area contributed by atoms with Crippen LogP contribution in [-0.2, 0) is 4.79 Å². The molecule has 17 heavy (non-hydrogen) atoms. The van der Waals surface area contributed by atoms with Crippen LogP contribution in [-0.4, -0.2) is 24.5 Å². The predicted octanol–water partition coefficient (Wildman–Crippen LogP) is 2.07. The summed E-state index contributed by atoms with van der Waals surface area (Å²) in [6.07, 6.45) is 5.51. The molecule has 2 fully saturated rings. The molecule has 1 saturated heterocycles. The van der Waals surface area contributed by atoms with Gasteiger partial charge in [0.15, 0.2) is 0 Å². The molecule has 1 aliphatic carbocycles. The first kappa shape index (κ1) is 12.9. The van der Waals surface area contributed by atoms with Crippen molar-refractivity contribution in [3.63, 3.8) is 0 Å². The van der Waals surface area contributed by atoms with Crippen LogP contribution >= 0.6 is 0 Å². The lowest BCUT2D eigenvalue weighted by molar-refractivity contribution is -0.126. The highest BCUT2D eigenvalue weighted by Gasteiger charge is 2.33. The first-order valence-corrected chi connectivity index (χ1v) is 7.00. The Morgan fingerprint density at radius 1 is 1.35 bits per heavy atom. The van der Waals surface area contributed by atoms with E-state index in [4.69, 9.17) is 0 Å². The van der Waals surface area contributed by atoms with Gasteiger partial charge in [0.2, 0.25) is 5.91 Å². The molecule has 2 N–H and O–H groups in total. The van der Waals surface area contributed by atoms with Gasteiger partial charge < -0.3 is 10.6 Å². The highest BCUT2D eigenvalue weighted by molar-refractivity contribution is 5.79. The van der Waals surface area contributed by atoms with E-state index in [2.05, 4.69) is 31.4 Å². The number of amides is 1. The Kier molecular flexibility index (Phi) is 3.76. The molecule has 0 radical (unpaired) electrons. The van der Waals surface area contributed by atoms with E-state index in [-0.39, 0.29) is 5.92 Å². The molecule has 1 heterocycles. The van der Waals surface area contributed by atoms with Crippen LogP contribution in [0.25, 0.3) is 0 Å². The fraction of sp³-hybridized carbons (Fsp3) is 0.929. The quantitative estimate of drug-likeness (QED) is 0.773. The number of carbonyl (C=O) groups excluding carboxylic acids is 1. The lowest BCUT2D eigenvalue weighted by Crippen LogP contribution is -2.44. The Hall–Kier alpha value is -0.570. The summed E-state index contributed by atoms with van der Waals surface area (Å²) in [7, 11) is 0. The lowest BCUT2D eigenvalue weighted by atomic mass is 9.91. The summed E-state index contributed by atoms with van der Waals surface area (Å²) < 4.78 is 0. The number of piperidine rings is 1. The molecular weight excluding hydrogens is 212 g/mol. The highest BCUT2D eigenvalue weighted by atomic mass is 16.1. The van der Waals surface area contributed by atoms with Gasteiger partial charge in [0.1, 0.15) is 0 Å². The summed E-state index contributed by atoms with van der Waals surface area (Å²) in [6, 6.07) is 0.905. The summed E-state index contributed by atoms with van der Waals surface area (Å²) in [5, 5.41) is 6.65. The summed E-state index contributed by atoms with van der Waals surface area (Å²) in [6.45, 7) is 7.74. The van der Waals surface area contributed by atoms with Crippen LogP contribution in [0.5, 0.6) is 0 Å². The van der Waals surface area contributed by atoms with Gasteiger partial charge in [0, 0.05) is 18.0 Å². The molecule has 0 bridgehead atoms. The highest BCUT2D eigenvalue weighted by Crippen LogP contribution is 2.37. The summed E-state index contributed by atoms with van der Waals surface area (Å²) in [5.41, 5.74) is 0.416. The van der Waals surface area contributed by atoms with Crippen molar-refractivity contribution in [3.8, 4) is 0 Å². The number of hydrogen-bond acceptors (Lipinski definition) is 2. The molecule has 3 unspecified atom stereocenters. The molecular formula is C14H26N2O. The monoisotopic (exact) mass is 238 g/mol. The Bertz CT molecular complexity index is 288. The van der Waals surface area contributed by atoms with Gasteiger partial charge in [-0.1, -0.05) is 13.8 Å². The first-order chi connectivity index (χ1) is 7.96. The van der Waals surface area contributed by atoms with Crippen molar-refractivity contribution in [2.45, 2.75) is 65.0 Å². The topological polar surface area (TPSA) is 41.1 Å². The van der Waals surface area contributed by atoms with Crippen LogP contribution in [0.4, 0.5) is 0 Å². The van der Waals surface area contributed by atoms with Crippen LogP contribution < -0.4 is 10.6 Å². The molecule has 0 aromatic heterocycles. The number of hydrogen-bond donors (Lipinski definition) is 2. The summed E-state index contributed by atoms with van der Waals surface area (Å²) in [4.78, 5) is 12.2. The molecule has 98 valence electrons. The van der Waals surface area contributed by atoms with Gasteiger partial charge in [-0.15, -0.1) is 0 Å². The maximum Gasteiger partial charge on any atom is 0.223 e. The minimum atomic E-state index is 0.231. The number of rotatable bonds is 2. The molecule has 3 atom stereocenters. The second kappa shape index (κ2) is 4.97. The van der Waals surface area contributed by atoms with E-state index in [1.165, 1.54) is 6.42 Å². The van der Waals surface area contributed by atoms with Crippen molar-refractivity contribution < 1.29 is 4.79 Å². The predicted molar refractivity (Wildman–Crippen MR) is 69.8 cm³/mol. The molecule has 1 aliphatic heterocycles. The largest absolute Gasteiger partial charge is 0.353 e. The molecule has 0 aromatic carbocycles. The zero-order valence-electron chi connectivity index (χ0n) is 11.4. The summed E-state index contributed by atoms with van der Waals surface area (Å²) >= 11 is 0. The summed E-state index contributed by atoms with van der Waals surface area (Å²) in [5.74, 6) is 0.524. The fourth-order valence-electron chi connectivity index (χ4n) is 3.25. The van der Waals surface area contributed by atoms with E-state index in [9.17, 15) is 4.79 Å². The lowest BCUT2D eigenvalue weighted by Gasteiger charge is -2.28. The molecule has 3 nitrogen and oxygen atoms in total. The van der Waals surface area contributed by atoms with Crippen LogP contribution in [0, 0.1) is 11.3 Å². The SMILES string of the molecule is CC1CC(C(=O)NC2CCC(C)(C)C2)CCN1. The second-order valence-electron chi connectivity index (χ2n) is 6.69. The smallest absolute Gasteiger partial charge is 0.223 e. The third-order valence-electron chi connectivity index (χ3n) is 4.31. The van der Waals surface area contributed by atoms with Crippen LogP contribution in [0.3, 0.4) is 0 Å². The van der Waals surface area contributed by atoms with Gasteiger partial charge in [0.05, 0.1) is 0 Å². The van der Waals surface area contributed by atoms with Gasteiger partial charge in [-0.2, -0.15) is 0 Å². The molecule has 1 amide bonds. The Morgan fingerprint density at radius 3 is 2.71 bits per heavy atom. The molecule has 1 saturated carbocycles. The minimum Gasteiger partial charge on any atom is -0.353 e. The van der Waals surface area contributed by atoms with E-state index >= 15 is 0 Å². The second-order valence-corrected chi connectivity index (χ2v) is 6.69. The third kappa shape index (κ3) is 3.44. The Balaban J connectivity index is 1.81. The van der Waals surface area contributed by atoms with E-state index in [1.807, 2.05) is 0 Å². The molecule has 3 heteroatoms. The van der Waals surface area contributed by atoms with Crippen molar-refractivity contribution in [2.75, 3.05) is 6.54 Å². The molecule has 2 aliphatic rings. The normalized spacial score (nSPS) is 36.8. The maximum atomic E-state index is 12.2. The molecule has 0 spiro atoms. The zero-order valence-corrected chi connectivity index (χ0v) is 11.4. The van der Waals surface area contributed by atoms with Gasteiger partial charge in [-0.05, 0) is 51.0 Å². The number of carbonyl (C=O) groups is 1. The molecule has 2 rings (SSSR count). The van der Waals surface area contributed by atoms with Crippen molar-refractivity contribution in [1.82, 2.24) is 10.6 Å². The average molecular weight is 238 g/mol. The van der Waals surface area contributed by atoms with Gasteiger partial charge >= 0.3 is 0 Å². The minimum absolute atomic E-state index is 0.231. The Labute approximate surface area is 105 Å². The average Bonchev–Trinajstić information content (AvgIpc) is 2.58. The molecule has 0 aromatic rings.